The summed E-state index contributed by atoms with van der Waals surface area (Å²) in [6, 6.07) is 3.04. The number of carbonyl (C=O) groups excluding carboxylic acids is 2. The third-order valence-corrected chi connectivity index (χ3v) is 8.30. The van der Waals surface area contributed by atoms with E-state index in [2.05, 4.69) is 15.5 Å². The van der Waals surface area contributed by atoms with E-state index in [1.807, 2.05) is 46.7 Å². The summed E-state index contributed by atoms with van der Waals surface area (Å²) in [4.78, 5) is 48.3. The molecule has 12 nitrogen and oxygen atoms in total. The molecule has 2 atom stereocenters. The first-order valence-electron chi connectivity index (χ1n) is 10.9. The first-order valence-corrected chi connectivity index (χ1v) is 13.1. The molecule has 0 aromatic carbocycles. The van der Waals surface area contributed by atoms with Gasteiger partial charge in [0.2, 0.25) is 6.33 Å². The van der Waals surface area contributed by atoms with Crippen LogP contribution in [0.2, 0.25) is 4.34 Å². The van der Waals surface area contributed by atoms with E-state index in [0.717, 1.165) is 22.4 Å². The number of anilines is 1. The minimum atomic E-state index is -1.20. The maximum absolute atomic E-state index is 13.1. The molecule has 1 fully saturated rings. The summed E-state index contributed by atoms with van der Waals surface area (Å²) in [6.45, 7) is 2.30. The van der Waals surface area contributed by atoms with Crippen LogP contribution in [0.15, 0.2) is 47.3 Å². The first-order chi connectivity index (χ1) is 17.7. The lowest BCUT2D eigenvalue weighted by atomic mass is 10.0. The Labute approximate surface area is 223 Å². The van der Waals surface area contributed by atoms with E-state index < -0.39 is 29.2 Å². The average molecular weight is 563 g/mol. The monoisotopic (exact) mass is 562 g/mol. The molecule has 1 saturated heterocycles. The molecular formula is C22H21ClN7O5S2+. The van der Waals surface area contributed by atoms with Crippen molar-refractivity contribution in [3.05, 3.63) is 57.7 Å². The van der Waals surface area contributed by atoms with Crippen LogP contribution >= 0.6 is 34.7 Å². The predicted octanol–water partition coefficient (Wildman–Crippen LogP) is 1.02. The van der Waals surface area contributed by atoms with Gasteiger partial charge >= 0.3 is 5.97 Å². The Hall–Kier alpha value is -3.62. The molecule has 2 amide bonds. The number of β-lactam (4-membered cyclic amide) rings is 1. The number of thiazole rings is 1. The number of hydrogen-bond donors (Lipinski definition) is 3. The number of oxime groups is 1. The Morgan fingerprint density at radius 1 is 1.46 bits per heavy atom. The Balaban J connectivity index is 1.37. The smallest absolute Gasteiger partial charge is 0.352 e. The largest absolute Gasteiger partial charge is 0.477 e. The third-order valence-electron chi connectivity index (χ3n) is 5.88. The van der Waals surface area contributed by atoms with Crippen molar-refractivity contribution < 1.29 is 28.9 Å². The normalized spacial score (nSPS) is 19.6. The number of fused-ring (bicyclic) bond motifs is 2. The quantitative estimate of drug-likeness (QED) is 0.167. The molecule has 2 aliphatic rings. The number of nitrogens with zero attached hydrogens (tertiary/aromatic N) is 5. The van der Waals surface area contributed by atoms with Crippen LogP contribution < -0.4 is 15.6 Å². The Bertz CT molecular complexity index is 1510. The second-order valence-corrected chi connectivity index (χ2v) is 11.1. The van der Waals surface area contributed by atoms with Crippen molar-refractivity contribution in [3.8, 4) is 0 Å². The summed E-state index contributed by atoms with van der Waals surface area (Å²) in [6.07, 6.45) is 5.72. The second kappa shape index (κ2) is 9.68. The molecular weight excluding hydrogens is 542 g/mol. The van der Waals surface area contributed by atoms with Crippen molar-refractivity contribution in [2.75, 3.05) is 18.6 Å². The first kappa shape index (κ1) is 25.0. The predicted molar refractivity (Wildman–Crippen MR) is 137 cm³/mol. The van der Waals surface area contributed by atoms with E-state index >= 15 is 0 Å². The molecule has 3 aromatic heterocycles. The Kier molecular flexibility index (Phi) is 6.56. The van der Waals surface area contributed by atoms with Crippen molar-refractivity contribution in [1.82, 2.24) is 19.6 Å². The highest BCUT2D eigenvalue weighted by atomic mass is 35.5. The highest BCUT2D eigenvalue weighted by Crippen LogP contribution is 2.40. The van der Waals surface area contributed by atoms with Gasteiger partial charge in [-0.2, -0.15) is 0 Å². The van der Waals surface area contributed by atoms with Crippen molar-refractivity contribution in [2.24, 2.45) is 5.16 Å². The maximum Gasteiger partial charge on any atom is 0.352 e. The zero-order valence-electron chi connectivity index (χ0n) is 19.5. The van der Waals surface area contributed by atoms with Crippen LogP contribution in [-0.2, 0) is 25.8 Å². The number of carboxylic acids is 1. The molecule has 0 radical (unpaired) electrons. The maximum atomic E-state index is 13.1. The number of amides is 2. The molecule has 37 heavy (non-hydrogen) atoms. The zero-order chi connectivity index (χ0) is 26.4. The minimum absolute atomic E-state index is 0.0315. The second-order valence-electron chi connectivity index (χ2n) is 8.37. The van der Waals surface area contributed by atoms with E-state index in [1.54, 1.807) is 0 Å². The number of imidazole rings is 1. The number of thioether (sulfide) groups is 1. The van der Waals surface area contributed by atoms with Gasteiger partial charge in [0, 0.05) is 11.3 Å². The van der Waals surface area contributed by atoms with E-state index in [-0.39, 0.29) is 26.6 Å². The molecule has 0 spiro atoms. The Morgan fingerprint density at radius 3 is 2.92 bits per heavy atom. The zero-order valence-corrected chi connectivity index (χ0v) is 21.9. The summed E-state index contributed by atoms with van der Waals surface area (Å²) in [5, 5.41) is 15.8. The summed E-state index contributed by atoms with van der Waals surface area (Å²) >= 11 is 8.46. The van der Waals surface area contributed by atoms with Crippen LogP contribution in [0.5, 0.6) is 0 Å². The number of carboxylic acid groups (broad SMARTS) is 1. The standard InChI is InChI=1S/C22H20ClN7O5S2/c1-10-3-4-29-9-28(7-12(29)5-10)6-11-8-36-20-15(19(32)30(20)16(11)21(33)34)25-18(31)14(27-35-2)13-17(23)37-22(24)26-13/h3-5,7,9,15,20H,6,8H2,1-2H3,(H3-,24,25,26,31,33,34)/p+1/b27-14-/t15-,20-/m1/s1. The minimum Gasteiger partial charge on any atom is -0.477 e. The summed E-state index contributed by atoms with van der Waals surface area (Å²) < 4.78 is 3.96. The molecule has 192 valence electrons. The molecule has 5 heterocycles. The van der Waals surface area contributed by atoms with Crippen LogP contribution in [0.1, 0.15) is 11.3 Å². The number of pyridine rings is 1. The van der Waals surface area contributed by atoms with Crippen molar-refractivity contribution >= 4 is 68.8 Å². The molecule has 3 aromatic rings. The number of nitrogen functional groups attached to an aromatic ring is 1. The molecule has 4 N–H and O–H groups in total. The lowest BCUT2D eigenvalue weighted by molar-refractivity contribution is -0.687. The van der Waals surface area contributed by atoms with Crippen molar-refractivity contribution in [3.63, 3.8) is 0 Å². The lowest BCUT2D eigenvalue weighted by Gasteiger charge is -2.49. The van der Waals surface area contributed by atoms with Gasteiger partial charge in [0.1, 0.15) is 47.0 Å². The summed E-state index contributed by atoms with van der Waals surface area (Å²) in [5.41, 5.74) is 8.06. The number of aryl methyl sites for hydroxylation is 1. The molecule has 0 aliphatic carbocycles. The fourth-order valence-corrected chi connectivity index (χ4v) is 6.54. The van der Waals surface area contributed by atoms with Gasteiger partial charge in [-0.25, -0.2) is 18.7 Å². The van der Waals surface area contributed by atoms with Gasteiger partial charge in [-0.3, -0.25) is 14.5 Å². The number of hydrogen-bond acceptors (Lipinski definition) is 9. The molecule has 5 rings (SSSR count). The Morgan fingerprint density at radius 2 is 2.24 bits per heavy atom. The van der Waals surface area contributed by atoms with Gasteiger partial charge in [-0.15, -0.1) is 11.8 Å². The van der Waals surface area contributed by atoms with E-state index in [9.17, 15) is 19.5 Å². The average Bonchev–Trinajstić information content (AvgIpc) is 3.40. The van der Waals surface area contributed by atoms with Gasteiger partial charge in [0.15, 0.2) is 16.4 Å². The third kappa shape index (κ3) is 4.51. The van der Waals surface area contributed by atoms with Crippen LogP contribution in [-0.4, -0.2) is 67.2 Å². The number of nitrogens with two attached hydrogens (primary N) is 1. The van der Waals surface area contributed by atoms with Crippen LogP contribution in [0.4, 0.5) is 5.13 Å². The highest BCUT2D eigenvalue weighted by molar-refractivity contribution is 8.00. The SMILES string of the molecule is CO/N=C(\C(=O)N[C@@H]1C(=O)N2C(C(=O)O)=C(C[n+]3cc4cc(C)ccn4c3)CS[C@H]12)c1nc(N)sc1Cl. The van der Waals surface area contributed by atoms with E-state index in [0.29, 0.717) is 17.9 Å². The van der Waals surface area contributed by atoms with Crippen molar-refractivity contribution in [1.29, 1.82) is 0 Å². The molecule has 0 bridgehead atoms. The van der Waals surface area contributed by atoms with Gasteiger partial charge in [-0.1, -0.05) is 28.1 Å². The summed E-state index contributed by atoms with van der Waals surface area (Å²) in [7, 11) is 1.25. The number of nitrogens with one attached hydrogen (secondary N) is 1. The molecule has 0 unspecified atom stereocenters. The van der Waals surface area contributed by atoms with E-state index in [4.69, 9.17) is 22.2 Å². The van der Waals surface area contributed by atoms with Crippen LogP contribution in [0, 0.1) is 6.92 Å². The van der Waals surface area contributed by atoms with Crippen LogP contribution in [0.3, 0.4) is 0 Å². The van der Waals surface area contributed by atoms with Crippen LogP contribution in [0.25, 0.3) is 5.52 Å². The fourth-order valence-electron chi connectivity index (χ4n) is 4.28. The topological polar surface area (TPSA) is 156 Å². The number of aliphatic carboxylic acids is 1. The number of halogens is 1. The van der Waals surface area contributed by atoms with Crippen molar-refractivity contribution in [2.45, 2.75) is 24.9 Å². The highest BCUT2D eigenvalue weighted by Gasteiger charge is 2.54. The lowest BCUT2D eigenvalue weighted by Crippen LogP contribution is -2.71. The molecule has 2 aliphatic heterocycles. The molecule has 0 saturated carbocycles. The van der Waals surface area contributed by atoms with E-state index in [1.165, 1.54) is 23.8 Å². The molecule has 15 heteroatoms. The fraction of sp³-hybridized carbons (Fsp3) is 0.273. The number of aromatic nitrogens is 3. The van der Waals surface area contributed by atoms with Gasteiger partial charge in [0.25, 0.3) is 11.8 Å². The summed E-state index contributed by atoms with van der Waals surface area (Å²) in [5.74, 6) is -2.12. The number of rotatable bonds is 7. The number of carbonyl (C=O) groups is 3. The van der Waals surface area contributed by atoms with Gasteiger partial charge in [-0.05, 0) is 24.6 Å². The van der Waals surface area contributed by atoms with Gasteiger partial charge in [0.05, 0.1) is 6.20 Å². The van der Waals surface area contributed by atoms with Gasteiger partial charge < -0.3 is 21.0 Å².